The van der Waals surface area contributed by atoms with Crippen LogP contribution >= 0.6 is 0 Å². The third kappa shape index (κ3) is 4.67. The molecule has 1 aliphatic rings. The maximum absolute atomic E-state index is 13.2. The van der Waals surface area contributed by atoms with E-state index in [1.165, 1.54) is 24.3 Å². The first-order valence-corrected chi connectivity index (χ1v) is 11.0. The molecule has 0 aliphatic carbocycles. The number of nitrogens with zero attached hydrogens (tertiary/aromatic N) is 2. The topological polar surface area (TPSA) is 83.4 Å². The zero-order chi connectivity index (χ0) is 24.4. The first kappa shape index (κ1) is 22.1. The largest absolute Gasteiger partial charge is 0.337 e. The monoisotopic (exact) mass is 468 g/mol. The number of urea groups is 1. The molecule has 2 N–H and O–H groups in total. The average Bonchev–Trinajstić information content (AvgIpc) is 3.33. The minimum atomic E-state index is -0.545. The van der Waals surface area contributed by atoms with Crippen LogP contribution in [0.2, 0.25) is 0 Å². The lowest BCUT2D eigenvalue weighted by Crippen LogP contribution is -2.30. The first-order valence-electron chi connectivity index (χ1n) is 11.0. The number of aromatic nitrogens is 1. The summed E-state index contributed by atoms with van der Waals surface area (Å²) in [4.78, 5) is 39.1. The van der Waals surface area contributed by atoms with Crippen molar-refractivity contribution in [3.05, 3.63) is 108 Å². The number of anilines is 1. The van der Waals surface area contributed by atoms with Crippen LogP contribution < -0.4 is 10.6 Å². The van der Waals surface area contributed by atoms with Crippen LogP contribution in [0.1, 0.15) is 11.1 Å². The van der Waals surface area contributed by atoms with Gasteiger partial charge in [0.05, 0.1) is 6.54 Å². The van der Waals surface area contributed by atoms with Crippen molar-refractivity contribution >= 4 is 40.5 Å². The SMILES string of the molecule is O=C(Cn1cc(/C=C2/NC(=O)N(Cc3ccc(F)cc3)C2=O)c2ccccc21)Nc1ccccc1. The van der Waals surface area contributed by atoms with E-state index in [-0.39, 0.29) is 30.5 Å². The van der Waals surface area contributed by atoms with E-state index in [0.29, 0.717) is 16.8 Å². The molecule has 1 fully saturated rings. The number of amides is 4. The summed E-state index contributed by atoms with van der Waals surface area (Å²) in [5, 5.41) is 6.32. The van der Waals surface area contributed by atoms with Crippen molar-refractivity contribution < 1.29 is 18.8 Å². The number of nitrogens with one attached hydrogen (secondary N) is 2. The maximum atomic E-state index is 13.2. The molecule has 4 aromatic rings. The van der Waals surface area contributed by atoms with Crippen LogP contribution in [0.15, 0.2) is 90.8 Å². The van der Waals surface area contributed by atoms with Crippen molar-refractivity contribution in [1.82, 2.24) is 14.8 Å². The van der Waals surface area contributed by atoms with Gasteiger partial charge in [0.15, 0.2) is 0 Å². The Bertz CT molecular complexity index is 1460. The lowest BCUT2D eigenvalue weighted by atomic mass is 10.1. The van der Waals surface area contributed by atoms with Crippen LogP contribution in [-0.2, 0) is 22.7 Å². The number of para-hydroxylation sites is 2. The Hall–Kier alpha value is -4.72. The van der Waals surface area contributed by atoms with Crippen molar-refractivity contribution in [2.75, 3.05) is 5.32 Å². The van der Waals surface area contributed by atoms with E-state index in [0.717, 1.165) is 15.8 Å². The Morgan fingerprint density at radius 2 is 1.66 bits per heavy atom. The molecule has 174 valence electrons. The van der Waals surface area contributed by atoms with Gasteiger partial charge in [-0.1, -0.05) is 48.5 Å². The van der Waals surface area contributed by atoms with Gasteiger partial charge in [0.25, 0.3) is 5.91 Å². The summed E-state index contributed by atoms with van der Waals surface area (Å²) in [7, 11) is 0. The Balaban J connectivity index is 1.39. The van der Waals surface area contributed by atoms with Crippen molar-refractivity contribution in [1.29, 1.82) is 0 Å². The molecule has 5 rings (SSSR count). The second kappa shape index (κ2) is 9.26. The molecule has 8 heteroatoms. The quantitative estimate of drug-likeness (QED) is 0.323. The highest BCUT2D eigenvalue weighted by molar-refractivity contribution is 6.14. The van der Waals surface area contributed by atoms with E-state index >= 15 is 0 Å². The fourth-order valence-corrected chi connectivity index (χ4v) is 4.04. The summed E-state index contributed by atoms with van der Waals surface area (Å²) in [5.41, 5.74) is 2.99. The Labute approximate surface area is 200 Å². The van der Waals surface area contributed by atoms with Crippen LogP contribution in [0.25, 0.3) is 17.0 Å². The molecule has 35 heavy (non-hydrogen) atoms. The molecule has 1 aromatic heterocycles. The molecule has 4 amide bonds. The van der Waals surface area contributed by atoms with Gasteiger partial charge in [0.1, 0.15) is 18.1 Å². The Kier molecular flexibility index (Phi) is 5.85. The van der Waals surface area contributed by atoms with Gasteiger partial charge in [-0.2, -0.15) is 0 Å². The lowest BCUT2D eigenvalue weighted by Gasteiger charge is -2.11. The van der Waals surface area contributed by atoms with Crippen LogP contribution in [0.4, 0.5) is 14.9 Å². The van der Waals surface area contributed by atoms with Gasteiger partial charge in [-0.15, -0.1) is 0 Å². The molecule has 0 spiro atoms. The number of carbonyl (C=O) groups is 3. The summed E-state index contributed by atoms with van der Waals surface area (Å²) in [6.45, 7) is 0.110. The predicted octanol–water partition coefficient (Wildman–Crippen LogP) is 4.51. The first-order chi connectivity index (χ1) is 17.0. The number of imide groups is 1. The van der Waals surface area contributed by atoms with Gasteiger partial charge in [0.2, 0.25) is 5.91 Å². The van der Waals surface area contributed by atoms with Gasteiger partial charge < -0.3 is 15.2 Å². The second-order valence-electron chi connectivity index (χ2n) is 8.15. The van der Waals surface area contributed by atoms with Crippen LogP contribution in [0.3, 0.4) is 0 Å². The van der Waals surface area contributed by atoms with Crippen molar-refractivity contribution in [2.45, 2.75) is 13.1 Å². The van der Waals surface area contributed by atoms with Gasteiger partial charge in [-0.3, -0.25) is 14.5 Å². The molecule has 1 saturated heterocycles. The van der Waals surface area contributed by atoms with E-state index in [2.05, 4.69) is 10.6 Å². The third-order valence-electron chi connectivity index (χ3n) is 5.71. The predicted molar refractivity (Wildman–Crippen MR) is 130 cm³/mol. The summed E-state index contributed by atoms with van der Waals surface area (Å²) in [5.74, 6) is -1.05. The summed E-state index contributed by atoms with van der Waals surface area (Å²) in [6, 6.07) is 21.8. The normalized spacial score (nSPS) is 14.5. The standard InChI is InChI=1S/C27H21FN4O3/c28-20-12-10-18(11-13-20)15-32-26(34)23(30-27(32)35)14-19-16-31(24-9-5-4-8-22(19)24)17-25(33)29-21-6-2-1-3-7-21/h1-14,16H,15,17H2,(H,29,33)(H,30,35)/b23-14+. The Morgan fingerprint density at radius 3 is 2.43 bits per heavy atom. The number of halogens is 1. The van der Waals surface area contributed by atoms with Gasteiger partial charge in [-0.05, 0) is 42.0 Å². The van der Waals surface area contributed by atoms with E-state index in [9.17, 15) is 18.8 Å². The van der Waals surface area contributed by atoms with Gasteiger partial charge >= 0.3 is 6.03 Å². The average molecular weight is 468 g/mol. The number of hydrogen-bond donors (Lipinski definition) is 2. The van der Waals surface area contributed by atoms with Crippen molar-refractivity contribution in [2.24, 2.45) is 0 Å². The molecule has 0 radical (unpaired) electrons. The van der Waals surface area contributed by atoms with E-state index in [1.54, 1.807) is 16.8 Å². The van der Waals surface area contributed by atoms with E-state index in [1.807, 2.05) is 54.6 Å². The molecule has 0 unspecified atom stereocenters. The highest BCUT2D eigenvalue weighted by atomic mass is 19.1. The molecule has 0 bridgehead atoms. The molecule has 1 aliphatic heterocycles. The molecule has 7 nitrogen and oxygen atoms in total. The molecular formula is C27H21FN4O3. The molecule has 3 aromatic carbocycles. The number of carbonyl (C=O) groups excluding carboxylic acids is 3. The Morgan fingerprint density at radius 1 is 0.943 bits per heavy atom. The zero-order valence-corrected chi connectivity index (χ0v) is 18.6. The van der Waals surface area contributed by atoms with Gasteiger partial charge in [0, 0.05) is 28.4 Å². The smallest absolute Gasteiger partial charge is 0.329 e. The maximum Gasteiger partial charge on any atom is 0.329 e. The van der Waals surface area contributed by atoms with Crippen molar-refractivity contribution in [3.63, 3.8) is 0 Å². The number of fused-ring (bicyclic) bond motifs is 1. The number of benzene rings is 3. The zero-order valence-electron chi connectivity index (χ0n) is 18.6. The van der Waals surface area contributed by atoms with Crippen molar-refractivity contribution in [3.8, 4) is 0 Å². The second-order valence-corrected chi connectivity index (χ2v) is 8.15. The summed E-state index contributed by atoms with van der Waals surface area (Å²) in [6.07, 6.45) is 3.39. The lowest BCUT2D eigenvalue weighted by molar-refractivity contribution is -0.123. The molecule has 0 saturated carbocycles. The van der Waals surface area contributed by atoms with Crippen LogP contribution in [0.5, 0.6) is 0 Å². The van der Waals surface area contributed by atoms with Gasteiger partial charge in [-0.25, -0.2) is 9.18 Å². The van der Waals surface area contributed by atoms with E-state index in [4.69, 9.17) is 0 Å². The molecular weight excluding hydrogens is 447 g/mol. The highest BCUT2D eigenvalue weighted by Crippen LogP contribution is 2.25. The summed E-state index contributed by atoms with van der Waals surface area (Å²) < 4.78 is 15.0. The number of rotatable bonds is 6. The third-order valence-corrected chi connectivity index (χ3v) is 5.71. The minimum absolute atomic E-state index is 0.0315. The van der Waals surface area contributed by atoms with Crippen LogP contribution in [0, 0.1) is 5.82 Å². The fraction of sp³-hybridized carbons (Fsp3) is 0.0741. The van der Waals surface area contributed by atoms with E-state index < -0.39 is 11.9 Å². The molecule has 0 atom stereocenters. The minimum Gasteiger partial charge on any atom is -0.337 e. The summed E-state index contributed by atoms with van der Waals surface area (Å²) >= 11 is 0. The molecule has 2 heterocycles. The van der Waals surface area contributed by atoms with Crippen LogP contribution in [-0.4, -0.2) is 27.3 Å². The highest BCUT2D eigenvalue weighted by Gasteiger charge is 2.33. The number of hydrogen-bond acceptors (Lipinski definition) is 3. The fourth-order valence-electron chi connectivity index (χ4n) is 4.04.